The van der Waals surface area contributed by atoms with Crippen LogP contribution in [0.4, 0.5) is 5.69 Å². The third kappa shape index (κ3) is 6.20. The van der Waals surface area contributed by atoms with Gasteiger partial charge in [0.2, 0.25) is 0 Å². The van der Waals surface area contributed by atoms with Crippen molar-refractivity contribution in [2.45, 2.75) is 19.5 Å². The highest BCUT2D eigenvalue weighted by Crippen LogP contribution is 2.26. The van der Waals surface area contributed by atoms with E-state index in [0.29, 0.717) is 22.5 Å². The fraction of sp³-hybridized carbons (Fsp3) is 0.294. The second-order valence-corrected chi connectivity index (χ2v) is 6.44. The van der Waals surface area contributed by atoms with Gasteiger partial charge in [0, 0.05) is 30.3 Å². The number of pyridine rings is 1. The Hall–Kier alpha value is -1.25. The van der Waals surface area contributed by atoms with Crippen molar-refractivity contribution in [1.29, 1.82) is 0 Å². The number of nitrogens with two attached hydrogens (primary N) is 1. The topological polar surface area (TPSA) is 66.5 Å². The first-order valence-electron chi connectivity index (χ1n) is 7.51. The van der Waals surface area contributed by atoms with Crippen LogP contribution >= 0.6 is 47.2 Å². The first kappa shape index (κ1) is 21.8. The number of nitrogens with zero attached hydrogens (tertiary/aromatic N) is 3. The molecule has 136 valence electrons. The van der Waals surface area contributed by atoms with E-state index in [9.17, 15) is 0 Å². The Kier molecular flexibility index (Phi) is 8.75. The van der Waals surface area contributed by atoms with E-state index in [0.717, 1.165) is 16.9 Å². The standard InChI is InChI=1S/C17H21Cl2N5.HI/c1-11(13-7-6-12(18)9-14(13)19)23-17(20)22-10-15-16(24(2)3)5-4-8-21-15;/h4-9,11H,10H2,1-3H3,(H3,20,22,23);1H. The van der Waals surface area contributed by atoms with Crippen LogP contribution in [0.2, 0.25) is 10.0 Å². The maximum atomic E-state index is 6.22. The highest BCUT2D eigenvalue weighted by molar-refractivity contribution is 14.0. The Bertz CT molecular complexity index is 737. The molecular formula is C17H22Cl2IN5. The van der Waals surface area contributed by atoms with Crippen LogP contribution in [0.15, 0.2) is 41.5 Å². The maximum absolute atomic E-state index is 6.22. The number of aromatic nitrogens is 1. The van der Waals surface area contributed by atoms with E-state index in [2.05, 4.69) is 15.3 Å². The number of hydrogen-bond donors (Lipinski definition) is 2. The fourth-order valence-corrected chi connectivity index (χ4v) is 2.89. The van der Waals surface area contributed by atoms with Gasteiger partial charge < -0.3 is 16.0 Å². The molecule has 0 aliphatic heterocycles. The molecule has 0 spiro atoms. The van der Waals surface area contributed by atoms with Crippen LogP contribution < -0.4 is 16.0 Å². The summed E-state index contributed by atoms with van der Waals surface area (Å²) in [6.45, 7) is 2.36. The van der Waals surface area contributed by atoms with Crippen LogP contribution in [0.1, 0.15) is 24.2 Å². The van der Waals surface area contributed by atoms with Crippen molar-refractivity contribution in [3.63, 3.8) is 0 Å². The summed E-state index contributed by atoms with van der Waals surface area (Å²) in [5, 5.41) is 4.33. The van der Waals surface area contributed by atoms with Crippen molar-refractivity contribution in [3.05, 3.63) is 57.8 Å². The monoisotopic (exact) mass is 493 g/mol. The number of rotatable bonds is 5. The SMILES string of the molecule is CC(NC(N)=NCc1ncccc1N(C)C)c1ccc(Cl)cc1Cl.I. The molecule has 0 radical (unpaired) electrons. The van der Waals surface area contributed by atoms with Crippen molar-refractivity contribution < 1.29 is 0 Å². The molecule has 0 saturated carbocycles. The second kappa shape index (κ2) is 10.0. The molecule has 5 nitrogen and oxygen atoms in total. The molecule has 0 amide bonds. The van der Waals surface area contributed by atoms with Gasteiger partial charge in [-0.25, -0.2) is 4.99 Å². The molecule has 0 aliphatic carbocycles. The Balaban J connectivity index is 0.00000312. The number of benzene rings is 1. The van der Waals surface area contributed by atoms with Crippen molar-refractivity contribution >= 4 is 58.8 Å². The van der Waals surface area contributed by atoms with Crippen LogP contribution in [-0.4, -0.2) is 25.0 Å². The Labute approximate surface area is 175 Å². The predicted molar refractivity (Wildman–Crippen MR) is 117 cm³/mol. The summed E-state index contributed by atoms with van der Waals surface area (Å²) in [6.07, 6.45) is 1.75. The van der Waals surface area contributed by atoms with Gasteiger partial charge in [-0.05, 0) is 36.8 Å². The van der Waals surface area contributed by atoms with E-state index in [-0.39, 0.29) is 30.0 Å². The molecule has 1 aromatic heterocycles. The molecule has 2 aromatic rings. The second-order valence-electron chi connectivity index (χ2n) is 5.60. The van der Waals surface area contributed by atoms with Crippen LogP contribution in [0.25, 0.3) is 0 Å². The van der Waals surface area contributed by atoms with Crippen molar-refractivity contribution in [2.24, 2.45) is 10.7 Å². The van der Waals surface area contributed by atoms with Crippen molar-refractivity contribution in [2.75, 3.05) is 19.0 Å². The predicted octanol–water partition coefficient (Wildman–Crippen LogP) is 4.24. The summed E-state index contributed by atoms with van der Waals surface area (Å²) in [4.78, 5) is 10.7. The third-order valence-electron chi connectivity index (χ3n) is 3.54. The lowest BCUT2D eigenvalue weighted by molar-refractivity contribution is 0.707. The molecule has 1 aromatic carbocycles. The van der Waals surface area contributed by atoms with Gasteiger partial charge in [-0.2, -0.15) is 0 Å². The van der Waals surface area contributed by atoms with E-state index in [1.807, 2.05) is 44.1 Å². The molecule has 0 bridgehead atoms. The summed E-state index contributed by atoms with van der Waals surface area (Å²) < 4.78 is 0. The highest BCUT2D eigenvalue weighted by atomic mass is 127. The first-order chi connectivity index (χ1) is 11.4. The zero-order valence-corrected chi connectivity index (χ0v) is 18.2. The smallest absolute Gasteiger partial charge is 0.189 e. The number of hydrogen-bond acceptors (Lipinski definition) is 3. The minimum absolute atomic E-state index is 0. The summed E-state index contributed by atoms with van der Waals surface area (Å²) >= 11 is 12.1. The molecule has 0 saturated heterocycles. The van der Waals surface area contributed by atoms with Gasteiger partial charge in [0.15, 0.2) is 5.96 Å². The molecule has 1 atom stereocenters. The van der Waals surface area contributed by atoms with Crippen molar-refractivity contribution in [1.82, 2.24) is 10.3 Å². The normalized spacial score (nSPS) is 12.3. The van der Waals surface area contributed by atoms with Gasteiger partial charge in [-0.3, -0.25) is 4.98 Å². The lowest BCUT2D eigenvalue weighted by Crippen LogP contribution is -2.34. The molecular weight excluding hydrogens is 472 g/mol. The summed E-state index contributed by atoms with van der Waals surface area (Å²) in [6, 6.07) is 9.19. The molecule has 8 heteroatoms. The fourth-order valence-electron chi connectivity index (χ4n) is 2.32. The van der Waals surface area contributed by atoms with E-state index in [4.69, 9.17) is 28.9 Å². The van der Waals surface area contributed by atoms with Gasteiger partial charge in [0.1, 0.15) is 0 Å². The quantitative estimate of drug-likeness (QED) is 0.371. The van der Waals surface area contributed by atoms with E-state index in [1.165, 1.54) is 0 Å². The average molecular weight is 494 g/mol. The lowest BCUT2D eigenvalue weighted by atomic mass is 10.1. The molecule has 0 aliphatic rings. The minimum atomic E-state index is -0.0874. The van der Waals surface area contributed by atoms with Gasteiger partial charge in [-0.1, -0.05) is 29.3 Å². The van der Waals surface area contributed by atoms with Crippen molar-refractivity contribution in [3.8, 4) is 0 Å². The molecule has 25 heavy (non-hydrogen) atoms. The van der Waals surface area contributed by atoms with Gasteiger partial charge in [0.25, 0.3) is 0 Å². The van der Waals surface area contributed by atoms with E-state index >= 15 is 0 Å². The molecule has 3 N–H and O–H groups in total. The molecule has 0 fully saturated rings. The molecule has 1 unspecified atom stereocenters. The molecule has 2 rings (SSSR count). The highest BCUT2D eigenvalue weighted by Gasteiger charge is 2.11. The zero-order valence-electron chi connectivity index (χ0n) is 14.3. The third-order valence-corrected chi connectivity index (χ3v) is 4.10. The maximum Gasteiger partial charge on any atom is 0.189 e. The Morgan fingerprint density at radius 2 is 2.04 bits per heavy atom. The van der Waals surface area contributed by atoms with E-state index < -0.39 is 0 Å². The average Bonchev–Trinajstić information content (AvgIpc) is 2.52. The van der Waals surface area contributed by atoms with Gasteiger partial charge in [0.05, 0.1) is 24.0 Å². The number of nitrogens with one attached hydrogen (secondary N) is 1. The van der Waals surface area contributed by atoms with Crippen LogP contribution in [-0.2, 0) is 6.54 Å². The van der Waals surface area contributed by atoms with E-state index in [1.54, 1.807) is 18.3 Å². The summed E-state index contributed by atoms with van der Waals surface area (Å²) in [7, 11) is 3.94. The number of anilines is 1. The summed E-state index contributed by atoms with van der Waals surface area (Å²) in [5.74, 6) is 0.337. The summed E-state index contributed by atoms with van der Waals surface area (Å²) in [5.41, 5.74) is 8.78. The number of aliphatic imine (C=N–C) groups is 1. The Morgan fingerprint density at radius 3 is 2.68 bits per heavy atom. The van der Waals surface area contributed by atoms with Gasteiger partial charge >= 0.3 is 0 Å². The number of guanidine groups is 1. The van der Waals surface area contributed by atoms with Crippen LogP contribution in [0, 0.1) is 0 Å². The van der Waals surface area contributed by atoms with Crippen LogP contribution in [0.3, 0.4) is 0 Å². The Morgan fingerprint density at radius 1 is 1.32 bits per heavy atom. The van der Waals surface area contributed by atoms with Gasteiger partial charge in [-0.15, -0.1) is 24.0 Å². The molecule has 1 heterocycles. The minimum Gasteiger partial charge on any atom is -0.376 e. The number of halogens is 3. The van der Waals surface area contributed by atoms with Crippen LogP contribution in [0.5, 0.6) is 0 Å². The largest absolute Gasteiger partial charge is 0.376 e. The first-order valence-corrected chi connectivity index (χ1v) is 8.26. The zero-order chi connectivity index (χ0) is 17.7. The lowest BCUT2D eigenvalue weighted by Gasteiger charge is -2.17.